The average Bonchev–Trinajstić information content (AvgIpc) is 2.13. The zero-order valence-corrected chi connectivity index (χ0v) is 6.80. The number of likely N-dealkylation sites (N-methyl/N-ethyl adjacent to an activating group) is 2. The molecule has 0 aromatic carbocycles. The smallest absolute Gasteiger partial charge is 0.0359 e. The molecule has 0 saturated carbocycles. The Balaban J connectivity index is 2.31. The first kappa shape index (κ1) is 7.98. The second kappa shape index (κ2) is 3.32. The van der Waals surface area contributed by atoms with E-state index < -0.39 is 0 Å². The minimum Gasteiger partial charge on any atom is -0.325 e. The van der Waals surface area contributed by atoms with Gasteiger partial charge in [0.05, 0.1) is 0 Å². The van der Waals surface area contributed by atoms with E-state index in [0.29, 0.717) is 12.1 Å². The largest absolute Gasteiger partial charge is 0.325 e. The van der Waals surface area contributed by atoms with Gasteiger partial charge in [0.25, 0.3) is 0 Å². The maximum absolute atomic E-state index is 5.85. The monoisotopic (exact) mass is 143 g/mol. The summed E-state index contributed by atoms with van der Waals surface area (Å²) in [6.45, 7) is 5.25. The van der Waals surface area contributed by atoms with E-state index in [0.717, 1.165) is 19.6 Å². The molecule has 3 N–H and O–H groups in total. The normalized spacial score (nSPS) is 35.1. The molecule has 1 heterocycles. The van der Waals surface area contributed by atoms with Crippen LogP contribution in [0.25, 0.3) is 0 Å². The first-order valence-corrected chi connectivity index (χ1v) is 3.91. The van der Waals surface area contributed by atoms with Gasteiger partial charge in [0.2, 0.25) is 0 Å². The van der Waals surface area contributed by atoms with Crippen molar-refractivity contribution in [1.29, 1.82) is 0 Å². The third-order valence-electron chi connectivity index (χ3n) is 2.01. The van der Waals surface area contributed by atoms with Gasteiger partial charge in [-0.15, -0.1) is 0 Å². The standard InChI is InChI=1S/C7H17N3/c1-3-9-7-5-10(2)4-6(7)8/h6-7,9H,3-5,8H2,1-2H3/t6-,7-/m0/s1. The van der Waals surface area contributed by atoms with Crippen LogP contribution in [-0.4, -0.2) is 43.7 Å². The molecule has 0 spiro atoms. The predicted octanol–water partition coefficient (Wildman–Crippen LogP) is -0.763. The van der Waals surface area contributed by atoms with Gasteiger partial charge in [0.1, 0.15) is 0 Å². The van der Waals surface area contributed by atoms with Gasteiger partial charge in [-0.3, -0.25) is 0 Å². The fourth-order valence-corrected chi connectivity index (χ4v) is 1.51. The van der Waals surface area contributed by atoms with Crippen LogP contribution in [0.2, 0.25) is 0 Å². The molecule has 1 saturated heterocycles. The number of hydrogen-bond donors (Lipinski definition) is 2. The Kier molecular flexibility index (Phi) is 2.65. The highest BCUT2D eigenvalue weighted by atomic mass is 15.2. The molecule has 0 bridgehead atoms. The van der Waals surface area contributed by atoms with E-state index in [2.05, 4.69) is 24.2 Å². The van der Waals surface area contributed by atoms with Gasteiger partial charge in [0, 0.05) is 25.2 Å². The van der Waals surface area contributed by atoms with Crippen molar-refractivity contribution in [3.8, 4) is 0 Å². The summed E-state index contributed by atoms with van der Waals surface area (Å²) in [5.74, 6) is 0. The molecule has 0 unspecified atom stereocenters. The van der Waals surface area contributed by atoms with Crippen LogP contribution in [0.15, 0.2) is 0 Å². The Labute approximate surface area is 62.6 Å². The molecular weight excluding hydrogens is 126 g/mol. The summed E-state index contributed by atoms with van der Waals surface area (Å²) in [4.78, 5) is 2.26. The second-order valence-corrected chi connectivity index (χ2v) is 3.05. The molecule has 1 fully saturated rings. The number of hydrogen-bond acceptors (Lipinski definition) is 3. The van der Waals surface area contributed by atoms with Gasteiger partial charge in [-0.2, -0.15) is 0 Å². The summed E-state index contributed by atoms with van der Waals surface area (Å²) in [5, 5.41) is 3.36. The van der Waals surface area contributed by atoms with Gasteiger partial charge in [-0.1, -0.05) is 6.92 Å². The van der Waals surface area contributed by atoms with Crippen LogP contribution in [0, 0.1) is 0 Å². The minimum atomic E-state index is 0.324. The van der Waals surface area contributed by atoms with Crippen molar-refractivity contribution in [3.05, 3.63) is 0 Å². The highest BCUT2D eigenvalue weighted by Gasteiger charge is 2.26. The van der Waals surface area contributed by atoms with Gasteiger partial charge < -0.3 is 16.0 Å². The van der Waals surface area contributed by atoms with Crippen molar-refractivity contribution < 1.29 is 0 Å². The number of nitrogens with two attached hydrogens (primary N) is 1. The Hall–Kier alpha value is -0.120. The molecule has 0 radical (unpaired) electrons. The Morgan fingerprint density at radius 3 is 2.70 bits per heavy atom. The molecule has 1 rings (SSSR count). The zero-order valence-electron chi connectivity index (χ0n) is 6.80. The van der Waals surface area contributed by atoms with E-state index in [1.165, 1.54) is 0 Å². The fraction of sp³-hybridized carbons (Fsp3) is 1.00. The molecule has 10 heavy (non-hydrogen) atoms. The van der Waals surface area contributed by atoms with Crippen molar-refractivity contribution in [3.63, 3.8) is 0 Å². The summed E-state index contributed by atoms with van der Waals surface area (Å²) in [6.07, 6.45) is 0. The molecule has 0 aliphatic carbocycles. The lowest BCUT2D eigenvalue weighted by Gasteiger charge is -2.13. The molecule has 3 nitrogen and oxygen atoms in total. The van der Waals surface area contributed by atoms with Gasteiger partial charge in [0.15, 0.2) is 0 Å². The lowest BCUT2D eigenvalue weighted by atomic mass is 10.2. The van der Waals surface area contributed by atoms with E-state index in [-0.39, 0.29) is 0 Å². The zero-order chi connectivity index (χ0) is 7.56. The van der Waals surface area contributed by atoms with Crippen LogP contribution in [0.3, 0.4) is 0 Å². The number of nitrogens with zero attached hydrogens (tertiary/aromatic N) is 1. The van der Waals surface area contributed by atoms with Gasteiger partial charge in [-0.05, 0) is 13.6 Å². The van der Waals surface area contributed by atoms with Crippen molar-refractivity contribution in [2.24, 2.45) is 5.73 Å². The second-order valence-electron chi connectivity index (χ2n) is 3.05. The number of rotatable bonds is 2. The molecule has 1 aliphatic rings. The quantitative estimate of drug-likeness (QED) is 0.534. The fourth-order valence-electron chi connectivity index (χ4n) is 1.51. The van der Waals surface area contributed by atoms with E-state index in [9.17, 15) is 0 Å². The third-order valence-corrected chi connectivity index (χ3v) is 2.01. The Morgan fingerprint density at radius 1 is 1.60 bits per heavy atom. The molecule has 3 heteroatoms. The SMILES string of the molecule is CCN[C@H]1CN(C)C[C@@H]1N. The summed E-state index contributed by atoms with van der Waals surface area (Å²) < 4.78 is 0. The van der Waals surface area contributed by atoms with E-state index in [1.807, 2.05) is 0 Å². The van der Waals surface area contributed by atoms with E-state index in [1.54, 1.807) is 0 Å². The lowest BCUT2D eigenvalue weighted by Crippen LogP contribution is -2.43. The van der Waals surface area contributed by atoms with E-state index >= 15 is 0 Å². The summed E-state index contributed by atoms with van der Waals surface area (Å²) in [7, 11) is 2.11. The molecule has 1 aliphatic heterocycles. The van der Waals surface area contributed by atoms with Crippen molar-refractivity contribution in [2.75, 3.05) is 26.7 Å². The molecule has 0 aromatic rings. The van der Waals surface area contributed by atoms with Crippen molar-refractivity contribution in [2.45, 2.75) is 19.0 Å². The van der Waals surface area contributed by atoms with Gasteiger partial charge >= 0.3 is 0 Å². The molecule has 0 aromatic heterocycles. The topological polar surface area (TPSA) is 41.3 Å². The summed E-state index contributed by atoms with van der Waals surface area (Å²) in [5.41, 5.74) is 5.85. The third kappa shape index (κ3) is 1.68. The molecular formula is C7H17N3. The summed E-state index contributed by atoms with van der Waals surface area (Å²) in [6, 6.07) is 0.833. The minimum absolute atomic E-state index is 0.324. The van der Waals surface area contributed by atoms with Crippen LogP contribution in [0.4, 0.5) is 0 Å². The summed E-state index contributed by atoms with van der Waals surface area (Å²) >= 11 is 0. The molecule has 2 atom stereocenters. The Morgan fingerprint density at radius 2 is 2.30 bits per heavy atom. The highest BCUT2D eigenvalue weighted by Crippen LogP contribution is 2.04. The van der Waals surface area contributed by atoms with Crippen molar-refractivity contribution >= 4 is 0 Å². The van der Waals surface area contributed by atoms with Crippen LogP contribution >= 0.6 is 0 Å². The van der Waals surface area contributed by atoms with Crippen LogP contribution in [-0.2, 0) is 0 Å². The van der Waals surface area contributed by atoms with Gasteiger partial charge in [-0.25, -0.2) is 0 Å². The van der Waals surface area contributed by atoms with E-state index in [4.69, 9.17) is 5.73 Å². The van der Waals surface area contributed by atoms with Crippen molar-refractivity contribution in [1.82, 2.24) is 10.2 Å². The number of likely N-dealkylation sites (tertiary alicyclic amines) is 1. The lowest BCUT2D eigenvalue weighted by molar-refractivity contribution is 0.399. The predicted molar refractivity (Wildman–Crippen MR) is 42.9 cm³/mol. The number of nitrogens with one attached hydrogen (secondary N) is 1. The molecule has 60 valence electrons. The Bertz CT molecular complexity index is 105. The maximum Gasteiger partial charge on any atom is 0.0359 e. The first-order chi connectivity index (χ1) is 4.74. The highest BCUT2D eigenvalue weighted by molar-refractivity contribution is 4.89. The first-order valence-electron chi connectivity index (χ1n) is 3.91. The maximum atomic E-state index is 5.85. The molecule has 0 amide bonds. The average molecular weight is 143 g/mol. The van der Waals surface area contributed by atoms with Crippen LogP contribution in [0.1, 0.15) is 6.92 Å². The van der Waals surface area contributed by atoms with Crippen LogP contribution in [0.5, 0.6) is 0 Å². The van der Waals surface area contributed by atoms with Crippen LogP contribution < -0.4 is 11.1 Å².